The van der Waals surface area contributed by atoms with Crippen molar-refractivity contribution < 1.29 is 4.79 Å². The van der Waals surface area contributed by atoms with Crippen LogP contribution in [0, 0.1) is 5.92 Å². The van der Waals surface area contributed by atoms with Crippen LogP contribution in [-0.2, 0) is 6.54 Å². The highest BCUT2D eigenvalue weighted by Gasteiger charge is 2.37. The van der Waals surface area contributed by atoms with Gasteiger partial charge in [0.05, 0.1) is 12.6 Å². The maximum atomic E-state index is 13.4. The van der Waals surface area contributed by atoms with Crippen LogP contribution in [0.5, 0.6) is 0 Å². The summed E-state index contributed by atoms with van der Waals surface area (Å²) in [5, 5.41) is 4.66. The van der Waals surface area contributed by atoms with Gasteiger partial charge in [0.15, 0.2) is 11.6 Å². The molecule has 1 atom stereocenters. The zero-order chi connectivity index (χ0) is 20.0. The van der Waals surface area contributed by atoms with E-state index in [1.165, 1.54) is 0 Å². The molecular weight excluding hydrogens is 366 g/mol. The minimum Gasteiger partial charge on any atom is -0.325 e. The molecule has 0 N–H and O–H groups in total. The van der Waals surface area contributed by atoms with E-state index in [1.807, 2.05) is 50.5 Å². The molecule has 29 heavy (non-hydrogen) atoms. The normalized spacial score (nSPS) is 16.4. The number of hydrogen-bond donors (Lipinski definition) is 0. The van der Waals surface area contributed by atoms with Gasteiger partial charge in [0.2, 0.25) is 0 Å². The van der Waals surface area contributed by atoms with E-state index >= 15 is 0 Å². The summed E-state index contributed by atoms with van der Waals surface area (Å²) in [6, 6.07) is 9.37. The lowest BCUT2D eigenvalue weighted by Gasteiger charge is -2.37. The van der Waals surface area contributed by atoms with Gasteiger partial charge >= 0.3 is 0 Å². The first-order valence-electron chi connectivity index (χ1n) is 9.71. The van der Waals surface area contributed by atoms with Gasteiger partial charge in [-0.25, -0.2) is 14.6 Å². The van der Waals surface area contributed by atoms with Crippen molar-refractivity contribution in [2.75, 3.05) is 6.54 Å². The molecule has 1 aliphatic heterocycles. The topological polar surface area (TPSA) is 81.2 Å². The zero-order valence-corrected chi connectivity index (χ0v) is 16.3. The van der Waals surface area contributed by atoms with Gasteiger partial charge in [-0.15, -0.1) is 0 Å². The Morgan fingerprint density at radius 3 is 2.79 bits per heavy atom. The number of nitrogens with zero attached hydrogens (tertiary/aromatic N) is 7. The fourth-order valence-electron chi connectivity index (χ4n) is 3.91. The molecule has 0 spiro atoms. The number of amides is 1. The standard InChI is InChI=1S/C21H21N7O/c1-14(2)18-20-24-19(15-6-5-8-22-12-15)25-28(20)11-10-27(18)21(29)16-13-26-9-4-3-7-17(26)23-16/h3-9,12-14,18H,10-11H2,1-2H3/t18-/m1/s1. The number of carbonyl (C=O) groups is 1. The van der Waals surface area contributed by atoms with E-state index in [0.29, 0.717) is 24.6 Å². The Bertz CT molecular complexity index is 1150. The number of rotatable bonds is 3. The van der Waals surface area contributed by atoms with E-state index in [4.69, 9.17) is 4.98 Å². The number of hydrogen-bond acceptors (Lipinski definition) is 5. The van der Waals surface area contributed by atoms with E-state index in [1.54, 1.807) is 18.6 Å². The molecule has 146 valence electrons. The van der Waals surface area contributed by atoms with E-state index < -0.39 is 0 Å². The minimum absolute atomic E-state index is 0.0791. The van der Waals surface area contributed by atoms with Crippen molar-refractivity contribution in [2.45, 2.75) is 26.4 Å². The van der Waals surface area contributed by atoms with Crippen LogP contribution in [-0.4, -0.2) is 46.5 Å². The molecule has 0 aromatic carbocycles. The van der Waals surface area contributed by atoms with Gasteiger partial charge < -0.3 is 9.30 Å². The van der Waals surface area contributed by atoms with Crippen LogP contribution in [0.1, 0.15) is 36.2 Å². The maximum Gasteiger partial charge on any atom is 0.274 e. The van der Waals surface area contributed by atoms with Gasteiger partial charge in [-0.05, 0) is 30.2 Å². The Labute approximate surface area is 167 Å². The summed E-state index contributed by atoms with van der Waals surface area (Å²) < 4.78 is 3.78. The molecule has 8 nitrogen and oxygen atoms in total. The van der Waals surface area contributed by atoms with E-state index in [9.17, 15) is 4.79 Å². The highest BCUT2D eigenvalue weighted by atomic mass is 16.2. The third-order valence-electron chi connectivity index (χ3n) is 5.25. The van der Waals surface area contributed by atoms with Crippen molar-refractivity contribution in [3.63, 3.8) is 0 Å². The van der Waals surface area contributed by atoms with Crippen LogP contribution in [0.15, 0.2) is 55.1 Å². The van der Waals surface area contributed by atoms with Gasteiger partial charge in [0, 0.05) is 36.9 Å². The molecule has 0 aliphatic carbocycles. The Morgan fingerprint density at radius 2 is 2.03 bits per heavy atom. The van der Waals surface area contributed by atoms with Crippen LogP contribution in [0.4, 0.5) is 0 Å². The lowest BCUT2D eigenvalue weighted by Crippen LogP contribution is -2.44. The molecule has 4 aromatic rings. The zero-order valence-electron chi connectivity index (χ0n) is 16.3. The first-order chi connectivity index (χ1) is 14.1. The van der Waals surface area contributed by atoms with E-state index in [2.05, 4.69) is 28.9 Å². The summed E-state index contributed by atoms with van der Waals surface area (Å²) in [7, 11) is 0. The third kappa shape index (κ3) is 2.97. The third-order valence-corrected chi connectivity index (χ3v) is 5.25. The van der Waals surface area contributed by atoms with Crippen molar-refractivity contribution >= 4 is 11.6 Å². The molecule has 0 fully saturated rings. The van der Waals surface area contributed by atoms with Crippen LogP contribution in [0.25, 0.3) is 17.0 Å². The van der Waals surface area contributed by atoms with E-state index in [0.717, 1.165) is 17.0 Å². The van der Waals surface area contributed by atoms with Crippen LogP contribution in [0.3, 0.4) is 0 Å². The van der Waals surface area contributed by atoms with Crippen LogP contribution < -0.4 is 0 Å². The Kier molecular flexibility index (Phi) is 4.12. The number of aromatic nitrogens is 6. The molecule has 1 aliphatic rings. The van der Waals surface area contributed by atoms with Crippen molar-refractivity contribution in [2.24, 2.45) is 5.92 Å². The molecule has 0 saturated heterocycles. The predicted molar refractivity (Wildman–Crippen MR) is 107 cm³/mol. The lowest BCUT2D eigenvalue weighted by atomic mass is 9.99. The highest BCUT2D eigenvalue weighted by molar-refractivity contribution is 5.93. The molecule has 0 radical (unpaired) electrons. The quantitative estimate of drug-likeness (QED) is 0.540. The first-order valence-corrected chi connectivity index (χ1v) is 9.71. The minimum atomic E-state index is -0.168. The average molecular weight is 387 g/mol. The van der Waals surface area contributed by atoms with Gasteiger partial charge in [-0.2, -0.15) is 5.10 Å². The maximum absolute atomic E-state index is 13.4. The highest BCUT2D eigenvalue weighted by Crippen LogP contribution is 2.33. The molecule has 0 saturated carbocycles. The fourth-order valence-corrected chi connectivity index (χ4v) is 3.91. The number of pyridine rings is 2. The Balaban J connectivity index is 1.52. The molecule has 1 amide bonds. The molecule has 8 heteroatoms. The van der Waals surface area contributed by atoms with Crippen molar-refractivity contribution in [3.8, 4) is 11.4 Å². The number of imidazole rings is 1. The van der Waals surface area contributed by atoms with Gasteiger partial charge in [0.1, 0.15) is 11.3 Å². The second-order valence-electron chi connectivity index (χ2n) is 7.54. The van der Waals surface area contributed by atoms with Gasteiger partial charge in [-0.1, -0.05) is 19.9 Å². The molecular formula is C21H21N7O. The van der Waals surface area contributed by atoms with Crippen LogP contribution in [0.2, 0.25) is 0 Å². The molecule has 0 unspecified atom stereocenters. The monoisotopic (exact) mass is 387 g/mol. The van der Waals surface area contributed by atoms with Gasteiger partial charge in [0.25, 0.3) is 5.91 Å². The molecule has 5 heterocycles. The summed E-state index contributed by atoms with van der Waals surface area (Å²) in [6.07, 6.45) is 7.17. The number of fused-ring (bicyclic) bond motifs is 2. The fraction of sp³-hybridized carbons (Fsp3) is 0.286. The van der Waals surface area contributed by atoms with Crippen molar-refractivity contribution in [1.29, 1.82) is 0 Å². The molecule has 0 bridgehead atoms. The Morgan fingerprint density at radius 1 is 1.14 bits per heavy atom. The van der Waals surface area contributed by atoms with E-state index in [-0.39, 0.29) is 17.9 Å². The molecule has 4 aromatic heterocycles. The summed E-state index contributed by atoms with van der Waals surface area (Å²) >= 11 is 0. The summed E-state index contributed by atoms with van der Waals surface area (Å²) in [5.74, 6) is 1.55. The number of carbonyl (C=O) groups excluding carboxylic acids is 1. The van der Waals surface area contributed by atoms with Crippen molar-refractivity contribution in [3.05, 3.63) is 66.6 Å². The second-order valence-corrected chi connectivity index (χ2v) is 7.54. The van der Waals surface area contributed by atoms with Crippen LogP contribution >= 0.6 is 0 Å². The largest absolute Gasteiger partial charge is 0.325 e. The summed E-state index contributed by atoms with van der Waals surface area (Å²) in [4.78, 5) is 28.7. The van der Waals surface area contributed by atoms with Gasteiger partial charge in [-0.3, -0.25) is 9.78 Å². The predicted octanol–water partition coefficient (Wildman–Crippen LogP) is 2.84. The first kappa shape index (κ1) is 17.5. The molecule has 5 rings (SSSR count). The van der Waals surface area contributed by atoms with Crippen molar-refractivity contribution in [1.82, 2.24) is 34.0 Å². The summed E-state index contributed by atoms with van der Waals surface area (Å²) in [6.45, 7) is 5.37. The average Bonchev–Trinajstić information content (AvgIpc) is 3.37. The Hall–Kier alpha value is -3.55. The summed E-state index contributed by atoms with van der Waals surface area (Å²) in [5.41, 5.74) is 2.08. The smallest absolute Gasteiger partial charge is 0.274 e. The SMILES string of the molecule is CC(C)[C@@H]1c2nc(-c3cccnc3)nn2CCN1C(=O)c1cn2ccccc2n1. The second kappa shape index (κ2) is 6.80. The lowest BCUT2D eigenvalue weighted by molar-refractivity contribution is 0.0531.